The van der Waals surface area contributed by atoms with E-state index in [0.29, 0.717) is 16.8 Å². The van der Waals surface area contributed by atoms with Crippen LogP contribution in [0.1, 0.15) is 25.6 Å². The van der Waals surface area contributed by atoms with Crippen molar-refractivity contribution in [1.82, 2.24) is 0 Å². The number of anilines is 1. The maximum atomic E-state index is 12.1. The molecule has 2 aromatic rings. The number of rotatable bonds is 3. The molecule has 0 atom stereocenters. The van der Waals surface area contributed by atoms with Gasteiger partial charge in [-0.1, -0.05) is 11.8 Å². The molecule has 0 bridgehead atoms. The Labute approximate surface area is 126 Å². The van der Waals surface area contributed by atoms with Crippen molar-refractivity contribution in [2.45, 2.75) is 0 Å². The number of nitrogens with two attached hydrogens (primary N) is 2. The van der Waals surface area contributed by atoms with Gasteiger partial charge in [0.1, 0.15) is 0 Å². The molecular formula is C15H13N3O2S. The van der Waals surface area contributed by atoms with Crippen molar-refractivity contribution in [3.05, 3.63) is 51.7 Å². The lowest BCUT2D eigenvalue weighted by molar-refractivity contribution is 0.0998. The Hall–Kier alpha value is -2.62. The fourth-order valence-electron chi connectivity index (χ4n) is 1.58. The van der Waals surface area contributed by atoms with Crippen LogP contribution < -0.4 is 16.8 Å². The van der Waals surface area contributed by atoms with E-state index in [0.717, 1.165) is 4.88 Å². The Balaban J connectivity index is 2.07. The summed E-state index contributed by atoms with van der Waals surface area (Å²) in [6, 6.07) is 8.08. The minimum Gasteiger partial charge on any atom is -0.366 e. The average Bonchev–Trinajstić information content (AvgIpc) is 2.94. The molecule has 0 unspecified atom stereocenters. The normalized spacial score (nSPS) is 9.57. The second kappa shape index (κ2) is 6.70. The number of amides is 2. The van der Waals surface area contributed by atoms with E-state index >= 15 is 0 Å². The van der Waals surface area contributed by atoms with E-state index in [1.54, 1.807) is 35.7 Å². The second-order valence-corrected chi connectivity index (χ2v) is 5.01. The van der Waals surface area contributed by atoms with Gasteiger partial charge in [0.15, 0.2) is 0 Å². The van der Waals surface area contributed by atoms with Gasteiger partial charge in [0.05, 0.1) is 17.0 Å². The van der Waals surface area contributed by atoms with Gasteiger partial charge in [0, 0.05) is 16.6 Å². The third-order valence-electron chi connectivity index (χ3n) is 2.60. The number of hydrogen-bond acceptors (Lipinski definition) is 4. The molecule has 5 nitrogen and oxygen atoms in total. The fraction of sp³-hybridized carbons (Fsp3) is 0.0667. The summed E-state index contributed by atoms with van der Waals surface area (Å²) in [5.41, 5.74) is 12.0. The zero-order valence-corrected chi connectivity index (χ0v) is 11.9. The molecule has 1 heterocycles. The van der Waals surface area contributed by atoms with Gasteiger partial charge in [0.25, 0.3) is 5.91 Å². The van der Waals surface area contributed by atoms with E-state index in [9.17, 15) is 9.59 Å². The molecule has 0 saturated heterocycles. The van der Waals surface area contributed by atoms with Crippen molar-refractivity contribution < 1.29 is 9.59 Å². The average molecular weight is 299 g/mol. The lowest BCUT2D eigenvalue weighted by Gasteiger charge is -2.04. The topological polar surface area (TPSA) is 98.2 Å². The summed E-state index contributed by atoms with van der Waals surface area (Å²) in [5, 5.41) is 4.47. The molecule has 0 radical (unpaired) electrons. The monoisotopic (exact) mass is 299 g/mol. The molecule has 21 heavy (non-hydrogen) atoms. The number of carbonyl (C=O) groups excluding carboxylic acids is 2. The van der Waals surface area contributed by atoms with Crippen LogP contribution in [0.5, 0.6) is 0 Å². The highest BCUT2D eigenvalue weighted by atomic mass is 32.1. The molecule has 2 amide bonds. The number of hydrogen-bond donors (Lipinski definition) is 3. The van der Waals surface area contributed by atoms with E-state index in [2.05, 4.69) is 17.2 Å². The first-order valence-electron chi connectivity index (χ1n) is 6.09. The SMILES string of the molecule is NCC#Cc1cc(C(=O)Nc2ccc(C(N)=O)cc2)cs1. The maximum Gasteiger partial charge on any atom is 0.256 e. The first-order chi connectivity index (χ1) is 10.1. The molecule has 0 aliphatic heterocycles. The third kappa shape index (κ3) is 3.92. The molecule has 5 N–H and O–H groups in total. The number of thiophene rings is 1. The van der Waals surface area contributed by atoms with Crippen molar-refractivity contribution >= 4 is 28.8 Å². The Morgan fingerprint density at radius 1 is 1.19 bits per heavy atom. The predicted octanol–water partition coefficient (Wildman–Crippen LogP) is 1.41. The zero-order valence-electron chi connectivity index (χ0n) is 11.1. The maximum absolute atomic E-state index is 12.1. The van der Waals surface area contributed by atoms with Crippen molar-refractivity contribution in [3.8, 4) is 11.8 Å². The summed E-state index contributed by atoms with van der Waals surface area (Å²) in [7, 11) is 0. The Morgan fingerprint density at radius 2 is 1.90 bits per heavy atom. The van der Waals surface area contributed by atoms with Gasteiger partial charge in [-0.05, 0) is 30.3 Å². The smallest absolute Gasteiger partial charge is 0.256 e. The van der Waals surface area contributed by atoms with Gasteiger partial charge < -0.3 is 16.8 Å². The van der Waals surface area contributed by atoms with Gasteiger partial charge in [-0.3, -0.25) is 9.59 Å². The van der Waals surface area contributed by atoms with E-state index in [-0.39, 0.29) is 12.5 Å². The summed E-state index contributed by atoms with van der Waals surface area (Å²) in [4.78, 5) is 23.8. The highest BCUT2D eigenvalue weighted by Gasteiger charge is 2.09. The Kier molecular flexibility index (Phi) is 4.72. The predicted molar refractivity (Wildman–Crippen MR) is 83.2 cm³/mol. The highest BCUT2D eigenvalue weighted by molar-refractivity contribution is 7.10. The van der Waals surface area contributed by atoms with E-state index in [1.807, 2.05) is 0 Å². The van der Waals surface area contributed by atoms with Gasteiger partial charge in [-0.25, -0.2) is 0 Å². The molecule has 1 aromatic heterocycles. The van der Waals surface area contributed by atoms with Gasteiger partial charge in [-0.15, -0.1) is 11.3 Å². The minimum absolute atomic E-state index is 0.237. The van der Waals surface area contributed by atoms with Gasteiger partial charge in [0.2, 0.25) is 5.91 Å². The van der Waals surface area contributed by atoms with Crippen molar-refractivity contribution in [1.29, 1.82) is 0 Å². The molecule has 0 aliphatic carbocycles. The highest BCUT2D eigenvalue weighted by Crippen LogP contribution is 2.16. The van der Waals surface area contributed by atoms with Crippen molar-refractivity contribution in [2.24, 2.45) is 11.5 Å². The molecule has 0 aliphatic rings. The van der Waals surface area contributed by atoms with Crippen LogP contribution in [-0.4, -0.2) is 18.4 Å². The lowest BCUT2D eigenvalue weighted by Crippen LogP contribution is -2.12. The van der Waals surface area contributed by atoms with Crippen LogP contribution in [0.4, 0.5) is 5.69 Å². The van der Waals surface area contributed by atoms with Gasteiger partial charge in [-0.2, -0.15) is 0 Å². The van der Waals surface area contributed by atoms with Crippen molar-refractivity contribution in [3.63, 3.8) is 0 Å². The van der Waals surface area contributed by atoms with Crippen LogP contribution >= 0.6 is 11.3 Å². The van der Waals surface area contributed by atoms with Crippen LogP contribution in [0.25, 0.3) is 0 Å². The van der Waals surface area contributed by atoms with Crippen LogP contribution in [-0.2, 0) is 0 Å². The number of primary amides is 1. The first-order valence-corrected chi connectivity index (χ1v) is 6.97. The molecule has 0 spiro atoms. The standard InChI is InChI=1S/C15H13N3O2S/c16-7-1-2-13-8-11(9-21-13)15(20)18-12-5-3-10(4-6-12)14(17)19/h3-6,8-9H,7,16H2,(H2,17,19)(H,18,20). The number of carbonyl (C=O) groups is 2. The van der Waals surface area contributed by atoms with Crippen molar-refractivity contribution in [2.75, 3.05) is 11.9 Å². The molecule has 0 saturated carbocycles. The van der Waals surface area contributed by atoms with E-state index < -0.39 is 5.91 Å². The third-order valence-corrected chi connectivity index (χ3v) is 3.45. The van der Waals surface area contributed by atoms with E-state index in [1.165, 1.54) is 11.3 Å². The quantitative estimate of drug-likeness (QED) is 0.747. The van der Waals surface area contributed by atoms with Crippen LogP contribution in [0.3, 0.4) is 0 Å². The summed E-state index contributed by atoms with van der Waals surface area (Å²) in [6.45, 7) is 0.283. The Bertz CT molecular complexity index is 723. The fourth-order valence-corrected chi connectivity index (χ4v) is 2.34. The largest absolute Gasteiger partial charge is 0.366 e. The molecule has 0 fully saturated rings. The van der Waals surface area contributed by atoms with Gasteiger partial charge >= 0.3 is 0 Å². The lowest BCUT2D eigenvalue weighted by atomic mass is 10.2. The van der Waals surface area contributed by atoms with E-state index in [4.69, 9.17) is 11.5 Å². The molecule has 106 valence electrons. The summed E-state index contributed by atoms with van der Waals surface area (Å²) in [6.07, 6.45) is 0. The summed E-state index contributed by atoms with van der Waals surface area (Å²) in [5.74, 6) is 4.87. The van der Waals surface area contributed by atoms with Crippen LogP contribution in [0.2, 0.25) is 0 Å². The second-order valence-electron chi connectivity index (χ2n) is 4.10. The first kappa shape index (κ1) is 14.8. The molecule has 1 aromatic carbocycles. The van der Waals surface area contributed by atoms with Crippen LogP contribution in [0, 0.1) is 11.8 Å². The van der Waals surface area contributed by atoms with Crippen LogP contribution in [0.15, 0.2) is 35.7 Å². The summed E-state index contributed by atoms with van der Waals surface area (Å²) >= 11 is 1.38. The summed E-state index contributed by atoms with van der Waals surface area (Å²) < 4.78 is 0. The molecule has 6 heteroatoms. The Morgan fingerprint density at radius 3 is 2.52 bits per heavy atom. The number of benzene rings is 1. The minimum atomic E-state index is -0.506. The zero-order chi connectivity index (χ0) is 15.2. The number of nitrogens with one attached hydrogen (secondary N) is 1. The molecular weight excluding hydrogens is 286 g/mol. The molecule has 2 rings (SSSR count).